The van der Waals surface area contributed by atoms with Gasteiger partial charge in [0, 0.05) is 19.0 Å². The summed E-state index contributed by atoms with van der Waals surface area (Å²) < 4.78 is 4.55. The molecule has 1 aliphatic rings. The number of carbonyl (C=O) groups excluding carboxylic acids is 2. The van der Waals surface area contributed by atoms with Crippen LogP contribution in [0.5, 0.6) is 0 Å². The van der Waals surface area contributed by atoms with E-state index in [0.29, 0.717) is 32.0 Å². The molecule has 0 bridgehead atoms. The Morgan fingerprint density at radius 2 is 1.90 bits per heavy atom. The zero-order valence-electron chi connectivity index (χ0n) is 13.0. The van der Waals surface area contributed by atoms with Gasteiger partial charge in [0.15, 0.2) is 0 Å². The summed E-state index contributed by atoms with van der Waals surface area (Å²) in [6.45, 7) is 3.27. The first kappa shape index (κ1) is 17.0. The largest absolute Gasteiger partial charge is 0.469 e. The molecule has 0 aromatic carbocycles. The van der Waals surface area contributed by atoms with Gasteiger partial charge in [-0.3, -0.25) is 14.5 Å². The molecule has 5 nitrogen and oxygen atoms in total. The van der Waals surface area contributed by atoms with Gasteiger partial charge in [-0.05, 0) is 45.1 Å². The monoisotopic (exact) mass is 284 g/mol. The Kier molecular flexibility index (Phi) is 7.59. The zero-order chi connectivity index (χ0) is 15.0. The van der Waals surface area contributed by atoms with Gasteiger partial charge in [0.05, 0.1) is 13.7 Å². The Hall–Kier alpha value is -1.10. The highest BCUT2D eigenvalue weighted by Crippen LogP contribution is 2.26. The maximum absolute atomic E-state index is 11.8. The summed E-state index contributed by atoms with van der Waals surface area (Å²) in [7, 11) is 3.40. The van der Waals surface area contributed by atoms with Crippen molar-refractivity contribution in [2.45, 2.75) is 51.5 Å². The highest BCUT2D eigenvalue weighted by Gasteiger charge is 2.22. The van der Waals surface area contributed by atoms with Crippen molar-refractivity contribution in [2.24, 2.45) is 5.92 Å². The van der Waals surface area contributed by atoms with Crippen LogP contribution in [0.1, 0.15) is 45.4 Å². The predicted molar refractivity (Wildman–Crippen MR) is 78.3 cm³/mol. The Labute approximate surface area is 122 Å². The third-order valence-electron chi connectivity index (χ3n) is 4.11. The molecule has 1 aliphatic carbocycles. The number of carbonyl (C=O) groups is 2. The van der Waals surface area contributed by atoms with Crippen LogP contribution in [-0.4, -0.2) is 50.1 Å². The number of methoxy groups -OCH3 is 1. The van der Waals surface area contributed by atoms with Crippen molar-refractivity contribution in [1.29, 1.82) is 0 Å². The molecule has 0 aromatic heterocycles. The van der Waals surface area contributed by atoms with Crippen LogP contribution in [0, 0.1) is 5.92 Å². The van der Waals surface area contributed by atoms with Gasteiger partial charge in [0.1, 0.15) is 0 Å². The standard InChI is InChI=1S/C15H28N2O3/c1-12-6-8-13(9-7-12)17(2)11-14(18)16-10-4-5-15(19)20-3/h12-13H,4-11H2,1-3H3,(H,16,18). The molecule has 0 aliphatic heterocycles. The number of amides is 1. The summed E-state index contributed by atoms with van der Waals surface area (Å²) in [5.41, 5.74) is 0. The van der Waals surface area contributed by atoms with Gasteiger partial charge < -0.3 is 10.1 Å². The molecule has 0 spiro atoms. The summed E-state index contributed by atoms with van der Waals surface area (Å²) in [6, 6.07) is 0.534. The summed E-state index contributed by atoms with van der Waals surface area (Å²) in [5.74, 6) is 0.635. The number of likely N-dealkylation sites (N-methyl/N-ethyl adjacent to an activating group) is 1. The van der Waals surface area contributed by atoms with E-state index >= 15 is 0 Å². The normalized spacial score (nSPS) is 22.6. The maximum atomic E-state index is 11.8. The second-order valence-electron chi connectivity index (χ2n) is 5.86. The van der Waals surface area contributed by atoms with Crippen molar-refractivity contribution in [2.75, 3.05) is 27.2 Å². The number of hydrogen-bond donors (Lipinski definition) is 1. The van der Waals surface area contributed by atoms with Crippen molar-refractivity contribution in [3.63, 3.8) is 0 Å². The molecule has 1 N–H and O–H groups in total. The summed E-state index contributed by atoms with van der Waals surface area (Å²) in [6.07, 6.45) is 5.88. The third kappa shape index (κ3) is 6.37. The molecule has 0 unspecified atom stereocenters. The lowest BCUT2D eigenvalue weighted by atomic mass is 9.87. The van der Waals surface area contributed by atoms with Crippen LogP contribution in [0.3, 0.4) is 0 Å². The lowest BCUT2D eigenvalue weighted by Gasteiger charge is -2.33. The van der Waals surface area contributed by atoms with Crippen LogP contribution in [0.25, 0.3) is 0 Å². The Morgan fingerprint density at radius 3 is 2.50 bits per heavy atom. The molecule has 0 aromatic rings. The summed E-state index contributed by atoms with van der Waals surface area (Å²) >= 11 is 0. The fourth-order valence-corrected chi connectivity index (χ4v) is 2.66. The van der Waals surface area contributed by atoms with Crippen molar-refractivity contribution in [3.05, 3.63) is 0 Å². The first-order valence-corrected chi connectivity index (χ1v) is 7.56. The number of hydrogen-bond acceptors (Lipinski definition) is 4. The third-order valence-corrected chi connectivity index (χ3v) is 4.11. The molecule has 1 saturated carbocycles. The van der Waals surface area contributed by atoms with Gasteiger partial charge in [0.2, 0.25) is 5.91 Å². The fourth-order valence-electron chi connectivity index (χ4n) is 2.66. The van der Waals surface area contributed by atoms with Crippen molar-refractivity contribution >= 4 is 11.9 Å². The minimum absolute atomic E-state index is 0.0380. The van der Waals surface area contributed by atoms with E-state index in [1.165, 1.54) is 32.8 Å². The van der Waals surface area contributed by atoms with Gasteiger partial charge in [-0.2, -0.15) is 0 Å². The first-order valence-electron chi connectivity index (χ1n) is 7.56. The van der Waals surface area contributed by atoms with E-state index < -0.39 is 0 Å². The number of ether oxygens (including phenoxy) is 1. The van der Waals surface area contributed by atoms with Crippen molar-refractivity contribution in [1.82, 2.24) is 10.2 Å². The maximum Gasteiger partial charge on any atom is 0.305 e. The van der Waals surface area contributed by atoms with Gasteiger partial charge in [0.25, 0.3) is 0 Å². The summed E-state index contributed by atoms with van der Waals surface area (Å²) in [4.78, 5) is 24.9. The Morgan fingerprint density at radius 1 is 1.25 bits per heavy atom. The van der Waals surface area contributed by atoms with E-state index in [4.69, 9.17) is 0 Å². The second-order valence-corrected chi connectivity index (χ2v) is 5.86. The Balaban J connectivity index is 2.13. The average molecular weight is 284 g/mol. The molecule has 0 radical (unpaired) electrons. The fraction of sp³-hybridized carbons (Fsp3) is 0.867. The van der Waals surface area contributed by atoms with E-state index in [-0.39, 0.29) is 11.9 Å². The topological polar surface area (TPSA) is 58.6 Å². The minimum atomic E-state index is -0.229. The van der Waals surface area contributed by atoms with Crippen LogP contribution in [-0.2, 0) is 14.3 Å². The van der Waals surface area contributed by atoms with Gasteiger partial charge in [-0.1, -0.05) is 6.92 Å². The van der Waals surface area contributed by atoms with Crippen LogP contribution in [0.2, 0.25) is 0 Å². The minimum Gasteiger partial charge on any atom is -0.469 e. The predicted octanol–water partition coefficient (Wildman–Crippen LogP) is 1.57. The van der Waals surface area contributed by atoms with Crippen LogP contribution in [0.4, 0.5) is 0 Å². The molecule has 1 rings (SSSR count). The molecule has 116 valence electrons. The summed E-state index contributed by atoms with van der Waals surface area (Å²) in [5, 5.41) is 2.85. The zero-order valence-corrected chi connectivity index (χ0v) is 13.0. The molecule has 0 atom stereocenters. The van der Waals surface area contributed by atoms with E-state index in [1.807, 2.05) is 7.05 Å². The Bertz CT molecular complexity index is 312. The average Bonchev–Trinajstić information content (AvgIpc) is 2.43. The molecule has 1 fully saturated rings. The van der Waals surface area contributed by atoms with E-state index in [9.17, 15) is 9.59 Å². The lowest BCUT2D eigenvalue weighted by Crippen LogP contribution is -2.42. The molecule has 0 saturated heterocycles. The number of nitrogens with zero attached hydrogens (tertiary/aromatic N) is 1. The SMILES string of the molecule is COC(=O)CCCNC(=O)CN(C)C1CCC(C)CC1. The van der Waals surface area contributed by atoms with E-state index in [1.54, 1.807) is 0 Å². The molecule has 0 heterocycles. The van der Waals surface area contributed by atoms with Crippen LogP contribution >= 0.6 is 0 Å². The number of rotatable bonds is 7. The highest BCUT2D eigenvalue weighted by molar-refractivity contribution is 5.78. The van der Waals surface area contributed by atoms with Crippen LogP contribution in [0.15, 0.2) is 0 Å². The quantitative estimate of drug-likeness (QED) is 0.569. The smallest absolute Gasteiger partial charge is 0.305 e. The molecule has 5 heteroatoms. The van der Waals surface area contributed by atoms with Crippen molar-refractivity contribution in [3.8, 4) is 0 Å². The molecule has 1 amide bonds. The van der Waals surface area contributed by atoms with Crippen molar-refractivity contribution < 1.29 is 14.3 Å². The highest BCUT2D eigenvalue weighted by atomic mass is 16.5. The van der Waals surface area contributed by atoms with Crippen LogP contribution < -0.4 is 5.32 Å². The van der Waals surface area contributed by atoms with E-state index in [0.717, 1.165) is 5.92 Å². The van der Waals surface area contributed by atoms with Gasteiger partial charge >= 0.3 is 5.97 Å². The van der Waals surface area contributed by atoms with Gasteiger partial charge in [-0.25, -0.2) is 0 Å². The van der Waals surface area contributed by atoms with E-state index in [2.05, 4.69) is 21.9 Å². The molecular formula is C15H28N2O3. The molecular weight excluding hydrogens is 256 g/mol. The second kappa shape index (κ2) is 8.95. The number of nitrogens with one attached hydrogen (secondary N) is 1. The first-order chi connectivity index (χ1) is 9.52. The number of esters is 1. The van der Waals surface area contributed by atoms with Gasteiger partial charge in [-0.15, -0.1) is 0 Å². The molecule has 20 heavy (non-hydrogen) atoms. The lowest BCUT2D eigenvalue weighted by molar-refractivity contribution is -0.140.